The van der Waals surface area contributed by atoms with Crippen molar-refractivity contribution >= 4 is 0 Å². The number of piperidine rings is 2. The number of aliphatic hydroxyl groups is 1. The van der Waals surface area contributed by atoms with Crippen LogP contribution in [0, 0.1) is 11.2 Å². The van der Waals surface area contributed by atoms with Crippen molar-refractivity contribution in [3.8, 4) is 5.75 Å². The molecule has 4 nitrogen and oxygen atoms in total. The summed E-state index contributed by atoms with van der Waals surface area (Å²) in [6.45, 7) is 4.04. The third kappa shape index (κ3) is 3.23. The number of nitrogens with zero attached hydrogens (tertiary/aromatic N) is 2. The van der Waals surface area contributed by atoms with Crippen molar-refractivity contribution in [1.82, 2.24) is 9.80 Å². The Bertz CT molecular complexity index is 554. The lowest BCUT2D eigenvalue weighted by molar-refractivity contribution is -0.0685. The molecule has 2 aliphatic heterocycles. The summed E-state index contributed by atoms with van der Waals surface area (Å²) in [6, 6.07) is 5.14. The lowest BCUT2D eigenvalue weighted by atomic mass is 9.69. The number of halogens is 1. The van der Waals surface area contributed by atoms with Gasteiger partial charge in [0.05, 0.1) is 13.7 Å². The van der Waals surface area contributed by atoms with Crippen molar-refractivity contribution in [2.24, 2.45) is 5.41 Å². The highest BCUT2D eigenvalue weighted by atomic mass is 19.1. The van der Waals surface area contributed by atoms with Crippen LogP contribution in [-0.4, -0.2) is 61.3 Å². The monoisotopic (exact) mass is 322 g/mol. The number of rotatable bonds is 4. The van der Waals surface area contributed by atoms with Crippen LogP contribution in [0.25, 0.3) is 0 Å². The Labute approximate surface area is 137 Å². The van der Waals surface area contributed by atoms with E-state index >= 15 is 0 Å². The van der Waals surface area contributed by atoms with Crippen molar-refractivity contribution < 1.29 is 14.2 Å². The molecular formula is C18H27FN2O2. The molecule has 0 radical (unpaired) electrons. The standard InChI is InChI=1S/C18H27FN2O2/c1-20-8-3-6-18(13-22)7-9-21(12-17(18)20)11-14-4-5-15(19)10-16(14)23-2/h4-5,10,17,22H,3,6-9,11-13H2,1-2H3/t17-,18-/m1/s1. The van der Waals surface area contributed by atoms with Crippen LogP contribution >= 0.6 is 0 Å². The van der Waals surface area contributed by atoms with Crippen LogP contribution in [0.3, 0.4) is 0 Å². The fourth-order valence-corrected chi connectivity index (χ4v) is 4.31. The van der Waals surface area contributed by atoms with Gasteiger partial charge in [0, 0.05) is 36.2 Å². The van der Waals surface area contributed by atoms with E-state index in [0.29, 0.717) is 11.8 Å². The Balaban J connectivity index is 1.74. The van der Waals surface area contributed by atoms with Gasteiger partial charge in [-0.15, -0.1) is 0 Å². The summed E-state index contributed by atoms with van der Waals surface area (Å²) in [5, 5.41) is 9.98. The van der Waals surface area contributed by atoms with E-state index in [-0.39, 0.29) is 17.8 Å². The molecule has 2 saturated heterocycles. The Kier molecular flexibility index (Phi) is 4.90. The summed E-state index contributed by atoms with van der Waals surface area (Å²) in [5.74, 6) is 0.344. The predicted molar refractivity (Wildman–Crippen MR) is 88.0 cm³/mol. The summed E-state index contributed by atoms with van der Waals surface area (Å²) in [7, 11) is 3.75. The number of hydrogen-bond acceptors (Lipinski definition) is 4. The van der Waals surface area contributed by atoms with Gasteiger partial charge in [0.25, 0.3) is 0 Å². The van der Waals surface area contributed by atoms with Gasteiger partial charge in [0.1, 0.15) is 11.6 Å². The van der Waals surface area contributed by atoms with Crippen LogP contribution < -0.4 is 4.74 Å². The van der Waals surface area contributed by atoms with Gasteiger partial charge in [0.2, 0.25) is 0 Å². The molecule has 0 saturated carbocycles. The van der Waals surface area contributed by atoms with E-state index in [2.05, 4.69) is 16.8 Å². The number of ether oxygens (including phenoxy) is 1. The first-order chi connectivity index (χ1) is 11.1. The molecule has 0 unspecified atom stereocenters. The number of hydrogen-bond donors (Lipinski definition) is 1. The molecule has 3 rings (SSSR count). The van der Waals surface area contributed by atoms with Crippen LogP contribution in [-0.2, 0) is 6.54 Å². The SMILES string of the molecule is COc1cc(F)ccc1CN1CC[C@@]2(CO)CCCN(C)[C@@H]2C1. The molecule has 0 aromatic heterocycles. The number of methoxy groups -OCH3 is 1. The minimum atomic E-state index is -0.268. The highest BCUT2D eigenvalue weighted by Gasteiger charge is 2.46. The molecule has 2 aliphatic rings. The minimum absolute atomic E-state index is 0.0520. The van der Waals surface area contributed by atoms with Crippen LogP contribution in [0.2, 0.25) is 0 Å². The zero-order valence-electron chi connectivity index (χ0n) is 14.1. The maximum absolute atomic E-state index is 13.4. The summed E-state index contributed by atoms with van der Waals surface area (Å²) < 4.78 is 18.7. The fourth-order valence-electron chi connectivity index (χ4n) is 4.31. The topological polar surface area (TPSA) is 35.9 Å². The van der Waals surface area contributed by atoms with E-state index in [0.717, 1.165) is 44.6 Å². The molecular weight excluding hydrogens is 295 g/mol. The largest absolute Gasteiger partial charge is 0.496 e. The first-order valence-corrected chi connectivity index (χ1v) is 8.44. The molecule has 2 atom stereocenters. The lowest BCUT2D eigenvalue weighted by Gasteiger charge is -2.53. The highest BCUT2D eigenvalue weighted by Crippen LogP contribution is 2.42. The molecule has 5 heteroatoms. The maximum Gasteiger partial charge on any atom is 0.126 e. The van der Waals surface area contributed by atoms with Crippen molar-refractivity contribution in [1.29, 1.82) is 0 Å². The maximum atomic E-state index is 13.4. The average molecular weight is 322 g/mol. The van der Waals surface area contributed by atoms with Gasteiger partial charge in [-0.25, -0.2) is 4.39 Å². The molecule has 128 valence electrons. The van der Waals surface area contributed by atoms with Gasteiger partial charge in [0.15, 0.2) is 0 Å². The number of fused-ring (bicyclic) bond motifs is 1. The van der Waals surface area contributed by atoms with Crippen molar-refractivity contribution in [2.45, 2.75) is 31.8 Å². The molecule has 2 heterocycles. The van der Waals surface area contributed by atoms with Crippen molar-refractivity contribution in [3.63, 3.8) is 0 Å². The Morgan fingerprint density at radius 1 is 1.35 bits per heavy atom. The second kappa shape index (κ2) is 6.75. The normalized spacial score (nSPS) is 29.3. The summed E-state index contributed by atoms with van der Waals surface area (Å²) in [5.41, 5.74) is 1.07. The van der Waals surface area contributed by atoms with Gasteiger partial charge >= 0.3 is 0 Å². The zero-order valence-corrected chi connectivity index (χ0v) is 14.1. The van der Waals surface area contributed by atoms with E-state index < -0.39 is 0 Å². The molecule has 1 N–H and O–H groups in total. The highest BCUT2D eigenvalue weighted by molar-refractivity contribution is 5.34. The van der Waals surface area contributed by atoms with Gasteiger partial charge in [-0.1, -0.05) is 6.07 Å². The summed E-state index contributed by atoms with van der Waals surface area (Å²) >= 11 is 0. The van der Waals surface area contributed by atoms with Crippen molar-refractivity contribution in [3.05, 3.63) is 29.6 Å². The molecule has 0 bridgehead atoms. The first kappa shape index (κ1) is 16.7. The Hall–Kier alpha value is -1.17. The second-order valence-electron chi connectivity index (χ2n) is 7.06. The quantitative estimate of drug-likeness (QED) is 0.921. The Morgan fingerprint density at radius 3 is 2.91 bits per heavy atom. The van der Waals surface area contributed by atoms with Gasteiger partial charge in [-0.3, -0.25) is 4.90 Å². The molecule has 1 aromatic carbocycles. The molecule has 0 aliphatic carbocycles. The Morgan fingerprint density at radius 2 is 2.17 bits per heavy atom. The average Bonchev–Trinajstić information content (AvgIpc) is 2.57. The van der Waals surface area contributed by atoms with Gasteiger partial charge in [-0.2, -0.15) is 0 Å². The van der Waals surface area contributed by atoms with E-state index in [9.17, 15) is 9.50 Å². The number of benzene rings is 1. The molecule has 23 heavy (non-hydrogen) atoms. The van der Waals surface area contributed by atoms with Crippen molar-refractivity contribution in [2.75, 3.05) is 40.4 Å². The molecule has 2 fully saturated rings. The van der Waals surface area contributed by atoms with Crippen LogP contribution in [0.1, 0.15) is 24.8 Å². The van der Waals surface area contributed by atoms with E-state index in [1.165, 1.54) is 18.6 Å². The number of aliphatic hydroxyl groups excluding tert-OH is 1. The third-order valence-electron chi connectivity index (χ3n) is 5.74. The molecule has 0 amide bonds. The predicted octanol–water partition coefficient (Wildman–Crippen LogP) is 2.11. The van der Waals surface area contributed by atoms with Crippen LogP contribution in [0.15, 0.2) is 18.2 Å². The summed E-state index contributed by atoms with van der Waals surface area (Å²) in [4.78, 5) is 4.80. The summed E-state index contributed by atoms with van der Waals surface area (Å²) in [6.07, 6.45) is 3.30. The first-order valence-electron chi connectivity index (χ1n) is 8.44. The second-order valence-corrected chi connectivity index (χ2v) is 7.06. The molecule has 1 aromatic rings. The molecule has 0 spiro atoms. The third-order valence-corrected chi connectivity index (χ3v) is 5.74. The van der Waals surface area contributed by atoms with Gasteiger partial charge < -0.3 is 14.7 Å². The number of likely N-dealkylation sites (tertiary alicyclic amines) is 2. The van der Waals surface area contributed by atoms with Gasteiger partial charge in [-0.05, 0) is 45.5 Å². The van der Waals surface area contributed by atoms with E-state index in [1.54, 1.807) is 7.11 Å². The lowest BCUT2D eigenvalue weighted by Crippen LogP contribution is -2.61. The minimum Gasteiger partial charge on any atom is -0.496 e. The smallest absolute Gasteiger partial charge is 0.126 e. The van der Waals surface area contributed by atoms with E-state index in [4.69, 9.17) is 4.74 Å². The van der Waals surface area contributed by atoms with Crippen LogP contribution in [0.5, 0.6) is 5.75 Å². The van der Waals surface area contributed by atoms with E-state index in [1.807, 2.05) is 6.07 Å². The van der Waals surface area contributed by atoms with Crippen LogP contribution in [0.4, 0.5) is 4.39 Å². The number of likely N-dealkylation sites (N-methyl/N-ethyl adjacent to an activating group) is 1. The fraction of sp³-hybridized carbons (Fsp3) is 0.667. The zero-order chi connectivity index (χ0) is 16.4.